The van der Waals surface area contributed by atoms with Gasteiger partial charge in [-0.25, -0.2) is 4.98 Å². The van der Waals surface area contributed by atoms with Crippen LogP contribution in [0.4, 0.5) is 5.82 Å². The fraction of sp³-hybridized carbons (Fsp3) is 0.312. The molecule has 0 fully saturated rings. The van der Waals surface area contributed by atoms with E-state index in [0.29, 0.717) is 0 Å². The molecule has 0 radical (unpaired) electrons. The van der Waals surface area contributed by atoms with Crippen molar-refractivity contribution in [1.82, 2.24) is 10.3 Å². The van der Waals surface area contributed by atoms with Gasteiger partial charge in [-0.05, 0) is 35.9 Å². The predicted molar refractivity (Wildman–Crippen MR) is 85.2 cm³/mol. The van der Waals surface area contributed by atoms with Gasteiger partial charge in [0.15, 0.2) is 0 Å². The molecule has 106 valence electrons. The molecule has 0 atom stereocenters. The molecule has 0 aliphatic rings. The van der Waals surface area contributed by atoms with Crippen LogP contribution in [0.2, 0.25) is 5.02 Å². The highest BCUT2D eigenvalue weighted by Crippen LogP contribution is 2.19. The van der Waals surface area contributed by atoms with Crippen LogP contribution in [0.1, 0.15) is 18.1 Å². The topological polar surface area (TPSA) is 28.2 Å². The van der Waals surface area contributed by atoms with Crippen molar-refractivity contribution >= 4 is 17.4 Å². The van der Waals surface area contributed by atoms with Gasteiger partial charge in [0.1, 0.15) is 5.82 Å². The summed E-state index contributed by atoms with van der Waals surface area (Å²) in [4.78, 5) is 6.54. The molecular formula is C16H20ClN3. The van der Waals surface area contributed by atoms with E-state index in [0.717, 1.165) is 36.0 Å². The molecule has 0 spiro atoms. The van der Waals surface area contributed by atoms with Crippen LogP contribution in [-0.2, 0) is 13.1 Å². The maximum Gasteiger partial charge on any atom is 0.128 e. The van der Waals surface area contributed by atoms with E-state index < -0.39 is 0 Å². The maximum absolute atomic E-state index is 6.20. The van der Waals surface area contributed by atoms with E-state index in [9.17, 15) is 0 Å². The number of rotatable bonds is 6. The molecule has 1 aromatic carbocycles. The third kappa shape index (κ3) is 3.95. The van der Waals surface area contributed by atoms with E-state index in [1.54, 1.807) is 0 Å². The van der Waals surface area contributed by atoms with E-state index in [-0.39, 0.29) is 0 Å². The van der Waals surface area contributed by atoms with Crippen molar-refractivity contribution in [3.05, 3.63) is 58.7 Å². The molecule has 4 heteroatoms. The lowest BCUT2D eigenvalue weighted by Gasteiger charge is -2.19. The van der Waals surface area contributed by atoms with Gasteiger partial charge in [-0.3, -0.25) is 0 Å². The summed E-state index contributed by atoms with van der Waals surface area (Å²) in [6.45, 7) is 4.68. The predicted octanol–water partition coefficient (Wildman–Crippen LogP) is 3.48. The van der Waals surface area contributed by atoms with Gasteiger partial charge in [-0.2, -0.15) is 0 Å². The Balaban J connectivity index is 2.09. The minimum Gasteiger partial charge on any atom is -0.355 e. The first kappa shape index (κ1) is 14.8. The Morgan fingerprint density at radius 1 is 1.25 bits per heavy atom. The van der Waals surface area contributed by atoms with Crippen LogP contribution < -0.4 is 10.2 Å². The third-order valence-electron chi connectivity index (χ3n) is 3.15. The molecule has 2 aromatic rings. The average molecular weight is 290 g/mol. The number of nitrogens with zero attached hydrogens (tertiary/aromatic N) is 2. The first-order valence-corrected chi connectivity index (χ1v) is 7.18. The second-order valence-corrected chi connectivity index (χ2v) is 5.16. The molecule has 0 aliphatic carbocycles. The molecule has 0 saturated carbocycles. The Hall–Kier alpha value is -1.58. The van der Waals surface area contributed by atoms with Crippen LogP contribution in [0.3, 0.4) is 0 Å². The normalized spacial score (nSPS) is 10.6. The molecule has 1 heterocycles. The molecule has 0 saturated heterocycles. The lowest BCUT2D eigenvalue weighted by atomic mass is 10.2. The number of pyridine rings is 1. The zero-order valence-corrected chi connectivity index (χ0v) is 12.7. The molecule has 0 aliphatic heterocycles. The van der Waals surface area contributed by atoms with Gasteiger partial charge in [0.25, 0.3) is 0 Å². The SMILES string of the molecule is CCNCc1ccnc(N(C)Cc2ccccc2Cl)c1. The zero-order valence-electron chi connectivity index (χ0n) is 11.9. The van der Waals surface area contributed by atoms with E-state index in [4.69, 9.17) is 11.6 Å². The van der Waals surface area contributed by atoms with Gasteiger partial charge >= 0.3 is 0 Å². The molecule has 2 rings (SSSR count). The second kappa shape index (κ2) is 7.27. The lowest BCUT2D eigenvalue weighted by molar-refractivity contribution is 0.725. The highest BCUT2D eigenvalue weighted by Gasteiger charge is 2.06. The highest BCUT2D eigenvalue weighted by atomic mass is 35.5. The Kier molecular flexibility index (Phi) is 5.39. The van der Waals surface area contributed by atoms with Crippen LogP contribution in [0.5, 0.6) is 0 Å². The summed E-state index contributed by atoms with van der Waals surface area (Å²) in [5, 5.41) is 4.12. The summed E-state index contributed by atoms with van der Waals surface area (Å²) in [6, 6.07) is 12.1. The fourth-order valence-electron chi connectivity index (χ4n) is 2.01. The van der Waals surface area contributed by atoms with Crippen LogP contribution in [-0.4, -0.2) is 18.6 Å². The average Bonchev–Trinajstić information content (AvgIpc) is 2.48. The van der Waals surface area contributed by atoms with Crippen LogP contribution in [0.25, 0.3) is 0 Å². The summed E-state index contributed by atoms with van der Waals surface area (Å²) in [7, 11) is 2.03. The van der Waals surface area contributed by atoms with E-state index >= 15 is 0 Å². The van der Waals surface area contributed by atoms with E-state index in [2.05, 4.69) is 28.2 Å². The van der Waals surface area contributed by atoms with E-state index in [1.807, 2.05) is 43.6 Å². The Morgan fingerprint density at radius 2 is 2.05 bits per heavy atom. The number of aromatic nitrogens is 1. The van der Waals surface area contributed by atoms with Crippen molar-refractivity contribution in [2.45, 2.75) is 20.0 Å². The molecular weight excluding hydrogens is 270 g/mol. The number of anilines is 1. The smallest absolute Gasteiger partial charge is 0.128 e. The minimum absolute atomic E-state index is 0.747. The monoisotopic (exact) mass is 289 g/mol. The second-order valence-electron chi connectivity index (χ2n) is 4.75. The largest absolute Gasteiger partial charge is 0.355 e. The maximum atomic E-state index is 6.20. The quantitative estimate of drug-likeness (QED) is 0.882. The first-order valence-electron chi connectivity index (χ1n) is 6.81. The molecule has 1 aromatic heterocycles. The number of hydrogen-bond acceptors (Lipinski definition) is 3. The summed E-state index contributed by atoms with van der Waals surface area (Å²) >= 11 is 6.20. The van der Waals surface area contributed by atoms with Crippen molar-refractivity contribution in [3.8, 4) is 0 Å². The Bertz CT molecular complexity index is 557. The van der Waals surface area contributed by atoms with Gasteiger partial charge in [0.05, 0.1) is 0 Å². The van der Waals surface area contributed by atoms with Crippen LogP contribution in [0.15, 0.2) is 42.6 Å². The molecule has 0 bridgehead atoms. The van der Waals surface area contributed by atoms with Crippen molar-refractivity contribution in [2.24, 2.45) is 0 Å². The van der Waals surface area contributed by atoms with Gasteiger partial charge in [-0.15, -0.1) is 0 Å². The lowest BCUT2D eigenvalue weighted by Crippen LogP contribution is -2.19. The van der Waals surface area contributed by atoms with Gasteiger partial charge in [0.2, 0.25) is 0 Å². The van der Waals surface area contributed by atoms with E-state index in [1.165, 1.54) is 5.56 Å². The Morgan fingerprint density at radius 3 is 2.80 bits per heavy atom. The summed E-state index contributed by atoms with van der Waals surface area (Å²) in [5.41, 5.74) is 2.35. The molecule has 3 nitrogen and oxygen atoms in total. The van der Waals surface area contributed by atoms with Crippen molar-refractivity contribution in [3.63, 3.8) is 0 Å². The minimum atomic E-state index is 0.747. The number of benzene rings is 1. The first-order chi connectivity index (χ1) is 9.70. The molecule has 20 heavy (non-hydrogen) atoms. The highest BCUT2D eigenvalue weighted by molar-refractivity contribution is 6.31. The van der Waals surface area contributed by atoms with Crippen LogP contribution >= 0.6 is 11.6 Å². The fourth-order valence-corrected chi connectivity index (χ4v) is 2.21. The van der Waals surface area contributed by atoms with Gasteiger partial charge in [0, 0.05) is 31.4 Å². The summed E-state index contributed by atoms with van der Waals surface area (Å²) in [5.74, 6) is 0.959. The Labute approximate surface area is 125 Å². The van der Waals surface area contributed by atoms with Gasteiger partial charge in [-0.1, -0.05) is 36.7 Å². The molecule has 0 amide bonds. The van der Waals surface area contributed by atoms with Crippen molar-refractivity contribution in [2.75, 3.05) is 18.5 Å². The standard InChI is InChI=1S/C16H20ClN3/c1-3-18-11-13-8-9-19-16(10-13)20(2)12-14-6-4-5-7-15(14)17/h4-10,18H,3,11-12H2,1-2H3. The van der Waals surface area contributed by atoms with Gasteiger partial charge < -0.3 is 10.2 Å². The third-order valence-corrected chi connectivity index (χ3v) is 3.51. The summed E-state index contributed by atoms with van der Waals surface area (Å²) in [6.07, 6.45) is 1.85. The number of halogens is 1. The summed E-state index contributed by atoms with van der Waals surface area (Å²) < 4.78 is 0. The molecule has 1 N–H and O–H groups in total. The van der Waals surface area contributed by atoms with Crippen LogP contribution in [0, 0.1) is 0 Å². The number of hydrogen-bond donors (Lipinski definition) is 1. The van der Waals surface area contributed by atoms with Crippen molar-refractivity contribution < 1.29 is 0 Å². The number of nitrogens with one attached hydrogen (secondary N) is 1. The zero-order chi connectivity index (χ0) is 14.4. The molecule has 0 unspecified atom stereocenters. The van der Waals surface area contributed by atoms with Crippen molar-refractivity contribution in [1.29, 1.82) is 0 Å².